The topological polar surface area (TPSA) is 32.3 Å². The molecular formula is C17H33NO. The molecule has 0 aromatic rings. The molecule has 0 saturated heterocycles. The van der Waals surface area contributed by atoms with Crippen LogP contribution in [0.5, 0.6) is 0 Å². The van der Waals surface area contributed by atoms with E-state index < -0.39 is 0 Å². The SMILES string of the molecule is CC(C)(C)C1CCC(CNC2CCC(O)CC2)CC1. The Balaban J connectivity index is 1.63. The Kier molecular flexibility index (Phi) is 5.30. The van der Waals surface area contributed by atoms with Crippen LogP contribution in [-0.2, 0) is 0 Å². The van der Waals surface area contributed by atoms with Gasteiger partial charge in [-0.3, -0.25) is 0 Å². The largest absolute Gasteiger partial charge is 0.393 e. The summed E-state index contributed by atoms with van der Waals surface area (Å²) >= 11 is 0. The van der Waals surface area contributed by atoms with Crippen LogP contribution in [0.2, 0.25) is 0 Å². The number of hydrogen-bond acceptors (Lipinski definition) is 2. The van der Waals surface area contributed by atoms with E-state index in [0.29, 0.717) is 11.5 Å². The zero-order chi connectivity index (χ0) is 13.9. The second-order valence-corrected chi connectivity index (χ2v) is 8.00. The highest BCUT2D eigenvalue weighted by Crippen LogP contribution is 2.39. The van der Waals surface area contributed by atoms with E-state index >= 15 is 0 Å². The molecule has 0 spiro atoms. The summed E-state index contributed by atoms with van der Waals surface area (Å²) in [5.41, 5.74) is 0.498. The minimum Gasteiger partial charge on any atom is -0.393 e. The van der Waals surface area contributed by atoms with Gasteiger partial charge in [-0.05, 0) is 75.2 Å². The summed E-state index contributed by atoms with van der Waals surface area (Å²) in [4.78, 5) is 0. The molecule has 2 aliphatic carbocycles. The van der Waals surface area contributed by atoms with Crippen LogP contribution in [0.4, 0.5) is 0 Å². The van der Waals surface area contributed by atoms with Crippen LogP contribution >= 0.6 is 0 Å². The minimum atomic E-state index is -0.0275. The molecule has 0 atom stereocenters. The maximum atomic E-state index is 9.52. The quantitative estimate of drug-likeness (QED) is 0.816. The van der Waals surface area contributed by atoms with Crippen molar-refractivity contribution in [3.8, 4) is 0 Å². The van der Waals surface area contributed by atoms with Crippen LogP contribution < -0.4 is 5.32 Å². The lowest BCUT2D eigenvalue weighted by Crippen LogP contribution is -2.38. The Labute approximate surface area is 119 Å². The Bertz CT molecular complexity index is 255. The zero-order valence-corrected chi connectivity index (χ0v) is 13.1. The van der Waals surface area contributed by atoms with Crippen LogP contribution in [0.25, 0.3) is 0 Å². The first-order valence-electron chi connectivity index (χ1n) is 8.36. The first-order chi connectivity index (χ1) is 8.95. The first kappa shape index (κ1) is 15.3. The fourth-order valence-electron chi connectivity index (χ4n) is 3.85. The normalized spacial score (nSPS) is 37.3. The molecule has 112 valence electrons. The molecule has 0 heterocycles. The van der Waals surface area contributed by atoms with E-state index in [0.717, 1.165) is 24.7 Å². The molecule has 2 nitrogen and oxygen atoms in total. The molecule has 2 saturated carbocycles. The van der Waals surface area contributed by atoms with Gasteiger partial charge in [0.1, 0.15) is 0 Å². The van der Waals surface area contributed by atoms with E-state index in [-0.39, 0.29) is 6.10 Å². The van der Waals surface area contributed by atoms with Crippen molar-refractivity contribution in [2.24, 2.45) is 17.3 Å². The smallest absolute Gasteiger partial charge is 0.0541 e. The molecule has 2 N–H and O–H groups in total. The average molecular weight is 267 g/mol. The summed E-state index contributed by atoms with van der Waals surface area (Å²) in [6.45, 7) is 8.38. The van der Waals surface area contributed by atoms with Gasteiger partial charge in [-0.2, -0.15) is 0 Å². The predicted octanol–water partition coefficient (Wildman–Crippen LogP) is 3.73. The molecular weight excluding hydrogens is 234 g/mol. The van der Waals surface area contributed by atoms with Gasteiger partial charge in [-0.15, -0.1) is 0 Å². The number of aliphatic hydroxyl groups excluding tert-OH is 1. The summed E-state index contributed by atoms with van der Waals surface area (Å²) in [6.07, 6.45) is 9.94. The maximum Gasteiger partial charge on any atom is 0.0541 e. The Hall–Kier alpha value is -0.0800. The van der Waals surface area contributed by atoms with Gasteiger partial charge in [0, 0.05) is 6.04 Å². The summed E-state index contributed by atoms with van der Waals surface area (Å²) in [6, 6.07) is 0.670. The van der Waals surface area contributed by atoms with Crippen LogP contribution in [0, 0.1) is 17.3 Å². The van der Waals surface area contributed by atoms with Gasteiger partial charge in [0.15, 0.2) is 0 Å². The number of rotatable bonds is 3. The fraction of sp³-hybridized carbons (Fsp3) is 1.00. The summed E-state index contributed by atoms with van der Waals surface area (Å²) in [7, 11) is 0. The highest BCUT2D eigenvalue weighted by molar-refractivity contribution is 4.83. The molecule has 0 aromatic carbocycles. The third-order valence-corrected chi connectivity index (χ3v) is 5.46. The van der Waals surface area contributed by atoms with E-state index in [1.165, 1.54) is 45.1 Å². The minimum absolute atomic E-state index is 0.0275. The van der Waals surface area contributed by atoms with Crippen molar-refractivity contribution in [3.05, 3.63) is 0 Å². The lowest BCUT2D eigenvalue weighted by Gasteiger charge is -2.37. The average Bonchev–Trinajstić information content (AvgIpc) is 2.37. The van der Waals surface area contributed by atoms with Crippen molar-refractivity contribution in [1.82, 2.24) is 5.32 Å². The fourth-order valence-corrected chi connectivity index (χ4v) is 3.85. The van der Waals surface area contributed by atoms with Crippen molar-refractivity contribution < 1.29 is 5.11 Å². The van der Waals surface area contributed by atoms with Crippen molar-refractivity contribution in [2.45, 2.75) is 84.3 Å². The molecule has 0 aliphatic heterocycles. The third-order valence-electron chi connectivity index (χ3n) is 5.46. The molecule has 19 heavy (non-hydrogen) atoms. The van der Waals surface area contributed by atoms with Crippen molar-refractivity contribution in [1.29, 1.82) is 0 Å². The standard InChI is InChI=1S/C17H33NO/c1-17(2,3)14-6-4-13(5-7-14)12-18-15-8-10-16(19)11-9-15/h13-16,18-19H,4-12H2,1-3H3. The molecule has 0 aromatic heterocycles. The van der Waals surface area contributed by atoms with Crippen molar-refractivity contribution in [3.63, 3.8) is 0 Å². The molecule has 2 rings (SSSR count). The van der Waals surface area contributed by atoms with Crippen LogP contribution in [-0.4, -0.2) is 23.8 Å². The van der Waals surface area contributed by atoms with Gasteiger partial charge >= 0.3 is 0 Å². The second kappa shape index (κ2) is 6.58. The van der Waals surface area contributed by atoms with Crippen LogP contribution in [0.1, 0.15) is 72.1 Å². The molecule has 2 aliphatic rings. The monoisotopic (exact) mass is 267 g/mol. The third kappa shape index (κ3) is 4.75. The van der Waals surface area contributed by atoms with Crippen molar-refractivity contribution >= 4 is 0 Å². The molecule has 2 fully saturated rings. The lowest BCUT2D eigenvalue weighted by molar-refractivity contribution is 0.112. The Morgan fingerprint density at radius 2 is 1.47 bits per heavy atom. The van der Waals surface area contributed by atoms with Crippen LogP contribution in [0.15, 0.2) is 0 Å². The molecule has 0 bridgehead atoms. The first-order valence-corrected chi connectivity index (χ1v) is 8.36. The van der Waals surface area contributed by atoms with E-state index in [1.54, 1.807) is 0 Å². The highest BCUT2D eigenvalue weighted by atomic mass is 16.3. The lowest BCUT2D eigenvalue weighted by atomic mass is 9.70. The summed E-state index contributed by atoms with van der Waals surface area (Å²) in [5.74, 6) is 1.82. The van der Waals surface area contributed by atoms with Gasteiger partial charge in [0.2, 0.25) is 0 Å². The molecule has 0 radical (unpaired) electrons. The van der Waals surface area contributed by atoms with Gasteiger partial charge in [-0.1, -0.05) is 20.8 Å². The molecule has 0 unspecified atom stereocenters. The summed E-state index contributed by atoms with van der Waals surface area (Å²) < 4.78 is 0. The Morgan fingerprint density at radius 3 is 2.00 bits per heavy atom. The van der Waals surface area contributed by atoms with Crippen molar-refractivity contribution in [2.75, 3.05) is 6.54 Å². The van der Waals surface area contributed by atoms with Gasteiger partial charge in [0.05, 0.1) is 6.10 Å². The van der Waals surface area contributed by atoms with E-state index in [9.17, 15) is 5.11 Å². The summed E-state index contributed by atoms with van der Waals surface area (Å²) in [5, 5.41) is 13.3. The second-order valence-electron chi connectivity index (χ2n) is 8.00. The number of nitrogens with one attached hydrogen (secondary N) is 1. The van der Waals surface area contributed by atoms with E-state index in [2.05, 4.69) is 26.1 Å². The molecule has 0 amide bonds. The van der Waals surface area contributed by atoms with Gasteiger partial charge in [-0.25, -0.2) is 0 Å². The zero-order valence-electron chi connectivity index (χ0n) is 13.1. The maximum absolute atomic E-state index is 9.52. The highest BCUT2D eigenvalue weighted by Gasteiger charge is 2.30. The molecule has 2 heteroatoms. The van der Waals surface area contributed by atoms with Crippen LogP contribution in [0.3, 0.4) is 0 Å². The van der Waals surface area contributed by atoms with Gasteiger partial charge in [0.25, 0.3) is 0 Å². The Morgan fingerprint density at radius 1 is 0.895 bits per heavy atom. The number of hydrogen-bond donors (Lipinski definition) is 2. The van der Waals surface area contributed by atoms with Gasteiger partial charge < -0.3 is 10.4 Å². The predicted molar refractivity (Wildman–Crippen MR) is 81.2 cm³/mol. The number of aliphatic hydroxyl groups is 1. The van der Waals surface area contributed by atoms with E-state index in [1.807, 2.05) is 0 Å². The van der Waals surface area contributed by atoms with E-state index in [4.69, 9.17) is 0 Å².